The summed E-state index contributed by atoms with van der Waals surface area (Å²) in [6.07, 6.45) is 0.608. The van der Waals surface area contributed by atoms with Crippen molar-refractivity contribution in [1.82, 2.24) is 0 Å². The lowest BCUT2D eigenvalue weighted by atomic mass is 10.0. The minimum atomic E-state index is -0.797. The number of carbonyl (C=O) groups excluding carboxylic acids is 3. The van der Waals surface area contributed by atoms with Gasteiger partial charge in [0, 0.05) is 16.8 Å². The number of para-hydroxylation sites is 1. The van der Waals surface area contributed by atoms with E-state index in [9.17, 15) is 19.5 Å². The number of hydrogen-bond acceptors (Lipinski definition) is 5. The third-order valence-corrected chi connectivity index (χ3v) is 5.03. The van der Waals surface area contributed by atoms with Gasteiger partial charge in [-0.2, -0.15) is 0 Å². The van der Waals surface area contributed by atoms with Crippen molar-refractivity contribution in [2.24, 2.45) is 10.8 Å². The summed E-state index contributed by atoms with van der Waals surface area (Å²) in [6.45, 7) is 0. The zero-order valence-corrected chi connectivity index (χ0v) is 17.3. The first-order chi connectivity index (χ1) is 16.0. The van der Waals surface area contributed by atoms with Crippen LogP contribution in [0.15, 0.2) is 84.0 Å². The summed E-state index contributed by atoms with van der Waals surface area (Å²) in [5, 5.41) is 21.6. The monoisotopic (exact) mass is 439 g/mol. The first-order valence-corrected chi connectivity index (χ1v) is 9.95. The molecular formula is C25H19N4O4+. The largest absolute Gasteiger partial charge is 0.502 e. The van der Waals surface area contributed by atoms with Crippen molar-refractivity contribution >= 4 is 45.9 Å². The van der Waals surface area contributed by atoms with Gasteiger partial charge in [0.2, 0.25) is 5.75 Å². The summed E-state index contributed by atoms with van der Waals surface area (Å²) in [4.78, 5) is 35.9. The molecule has 0 saturated heterocycles. The summed E-state index contributed by atoms with van der Waals surface area (Å²) in [6, 6.07) is 21.9. The third-order valence-electron chi connectivity index (χ3n) is 5.03. The Morgan fingerprint density at radius 2 is 1.70 bits per heavy atom. The lowest BCUT2D eigenvalue weighted by Gasteiger charge is -2.06. The van der Waals surface area contributed by atoms with E-state index >= 15 is 0 Å². The van der Waals surface area contributed by atoms with Crippen LogP contribution in [-0.2, 0) is 0 Å². The number of phenols is 1. The van der Waals surface area contributed by atoms with Crippen molar-refractivity contribution in [3.05, 3.63) is 95.6 Å². The first-order valence-electron chi connectivity index (χ1n) is 9.95. The molecule has 0 bridgehead atoms. The van der Waals surface area contributed by atoms with Crippen molar-refractivity contribution in [3.8, 4) is 5.75 Å². The maximum Gasteiger partial charge on any atom is 0.279 e. The number of hydrogen-bond donors (Lipinski definition) is 4. The molecule has 0 aromatic heterocycles. The molecule has 2 amide bonds. The second-order valence-corrected chi connectivity index (χ2v) is 7.17. The number of aromatic hydroxyl groups is 1. The molecule has 0 heterocycles. The number of amides is 2. The number of nitrogens with zero attached hydrogens (tertiary/aromatic N) is 1. The molecule has 0 saturated carbocycles. The highest BCUT2D eigenvalue weighted by Gasteiger charge is 2.21. The topological polar surface area (TPSA) is 136 Å². The molecule has 4 aromatic carbocycles. The van der Waals surface area contributed by atoms with Gasteiger partial charge in [-0.1, -0.05) is 41.5 Å². The highest BCUT2D eigenvalue weighted by Crippen LogP contribution is 2.32. The van der Waals surface area contributed by atoms with Crippen LogP contribution in [-0.4, -0.2) is 23.2 Å². The summed E-state index contributed by atoms with van der Waals surface area (Å²) < 4.78 is 0. The van der Waals surface area contributed by atoms with Gasteiger partial charge in [-0.15, -0.1) is 0 Å². The fourth-order valence-corrected chi connectivity index (χ4v) is 3.36. The van der Waals surface area contributed by atoms with Gasteiger partial charge in [0.15, 0.2) is 6.29 Å². The average molecular weight is 439 g/mol. The van der Waals surface area contributed by atoms with E-state index in [0.717, 1.165) is 0 Å². The van der Waals surface area contributed by atoms with E-state index in [0.29, 0.717) is 22.7 Å². The smallest absolute Gasteiger partial charge is 0.279 e. The molecule has 4 aromatic rings. The standard InChI is InChI=1S/C25H18N4O4/c26-24(32)20-12-15-6-4-5-9-19(15)22(23(20)31)29-28-21-13-16(10-11-17(21)14-30)25(33)27-18-7-2-1-3-8-18/h1-14,31H,(H2,26,32)(H,27,33)/p+1. The quantitative estimate of drug-likeness (QED) is 0.208. The Labute approximate surface area is 188 Å². The van der Waals surface area contributed by atoms with E-state index in [1.165, 1.54) is 24.3 Å². The fraction of sp³-hybridized carbons (Fsp3) is 0. The van der Waals surface area contributed by atoms with Crippen LogP contribution in [0.1, 0.15) is 31.1 Å². The lowest BCUT2D eigenvalue weighted by Crippen LogP contribution is -2.57. The van der Waals surface area contributed by atoms with E-state index in [2.05, 4.69) is 15.5 Å². The third kappa shape index (κ3) is 4.45. The van der Waals surface area contributed by atoms with Gasteiger partial charge in [-0.25, -0.2) is 0 Å². The van der Waals surface area contributed by atoms with Crippen LogP contribution >= 0.6 is 0 Å². The zero-order chi connectivity index (χ0) is 23.4. The Morgan fingerprint density at radius 1 is 0.970 bits per heavy atom. The number of nitrogens with two attached hydrogens (primary N) is 1. The molecule has 162 valence electrons. The van der Waals surface area contributed by atoms with Crippen LogP contribution in [0.3, 0.4) is 0 Å². The second-order valence-electron chi connectivity index (χ2n) is 7.17. The van der Waals surface area contributed by atoms with Crippen LogP contribution in [0.4, 0.5) is 17.1 Å². The molecule has 33 heavy (non-hydrogen) atoms. The number of nitrogens with one attached hydrogen (secondary N) is 2. The molecule has 0 atom stereocenters. The number of carbonyl (C=O) groups is 3. The predicted molar refractivity (Wildman–Crippen MR) is 123 cm³/mol. The van der Waals surface area contributed by atoms with Crippen molar-refractivity contribution < 1.29 is 24.6 Å². The molecule has 4 rings (SSSR count). The van der Waals surface area contributed by atoms with E-state index in [1.807, 2.05) is 6.07 Å². The molecule has 0 aliphatic carbocycles. The Bertz CT molecular complexity index is 1420. The summed E-state index contributed by atoms with van der Waals surface area (Å²) in [5.74, 6) is -1.54. The molecule has 0 radical (unpaired) electrons. The van der Waals surface area contributed by atoms with Crippen LogP contribution in [0.5, 0.6) is 5.75 Å². The molecule has 8 heteroatoms. The molecule has 0 spiro atoms. The van der Waals surface area contributed by atoms with E-state index in [4.69, 9.17) is 5.73 Å². The zero-order valence-electron chi connectivity index (χ0n) is 17.3. The maximum atomic E-state index is 12.6. The van der Waals surface area contributed by atoms with E-state index < -0.39 is 5.91 Å². The summed E-state index contributed by atoms with van der Waals surface area (Å²) in [5.41, 5.74) is 6.79. The van der Waals surface area contributed by atoms with Crippen LogP contribution in [0.2, 0.25) is 0 Å². The molecule has 0 aliphatic rings. The highest BCUT2D eigenvalue weighted by atomic mass is 16.3. The molecule has 5 N–H and O–H groups in total. The van der Waals surface area contributed by atoms with Crippen LogP contribution in [0, 0.1) is 0 Å². The number of anilines is 1. The number of fused-ring (bicyclic) bond motifs is 1. The van der Waals surface area contributed by atoms with Gasteiger partial charge in [0.05, 0.1) is 10.9 Å². The average Bonchev–Trinajstić information content (AvgIpc) is 2.83. The fourth-order valence-electron chi connectivity index (χ4n) is 3.36. The minimum absolute atomic E-state index is 0.0713. The van der Waals surface area contributed by atoms with Crippen molar-refractivity contribution in [2.75, 3.05) is 5.32 Å². The Morgan fingerprint density at radius 3 is 2.42 bits per heavy atom. The maximum absolute atomic E-state index is 12.6. The van der Waals surface area contributed by atoms with Crippen molar-refractivity contribution in [3.63, 3.8) is 0 Å². The van der Waals surface area contributed by atoms with Gasteiger partial charge in [-0.05, 0) is 53.0 Å². The normalized spacial score (nSPS) is 10.9. The van der Waals surface area contributed by atoms with Crippen LogP contribution in [0.25, 0.3) is 10.8 Å². The Hall–Kier alpha value is -4.85. The SMILES string of the molecule is NC(=O)c1cc2ccccc2c([NH+]=Nc2cc(C(=O)Nc3ccccc3)ccc2C=O)c1O. The number of azo groups is 1. The van der Waals surface area contributed by atoms with Gasteiger partial charge in [0.1, 0.15) is 5.69 Å². The number of aldehydes is 1. The summed E-state index contributed by atoms with van der Waals surface area (Å²) in [7, 11) is 0. The van der Waals surface area contributed by atoms with Gasteiger partial charge in [0.25, 0.3) is 17.5 Å². The van der Waals surface area contributed by atoms with Gasteiger partial charge in [-0.3, -0.25) is 14.4 Å². The van der Waals surface area contributed by atoms with Crippen LogP contribution < -0.4 is 16.2 Å². The number of benzene rings is 4. The van der Waals surface area contributed by atoms with E-state index in [-0.39, 0.29) is 39.7 Å². The molecule has 0 aliphatic heterocycles. The van der Waals surface area contributed by atoms with Gasteiger partial charge < -0.3 is 16.2 Å². The molecule has 0 unspecified atom stereocenters. The highest BCUT2D eigenvalue weighted by molar-refractivity contribution is 6.06. The van der Waals surface area contributed by atoms with Crippen molar-refractivity contribution in [2.45, 2.75) is 0 Å². The number of rotatable bonds is 6. The van der Waals surface area contributed by atoms with Crippen molar-refractivity contribution in [1.29, 1.82) is 0 Å². The van der Waals surface area contributed by atoms with E-state index in [1.54, 1.807) is 48.5 Å². The Balaban J connectivity index is 1.75. The van der Waals surface area contributed by atoms with Gasteiger partial charge >= 0.3 is 0 Å². The lowest BCUT2D eigenvalue weighted by molar-refractivity contribution is -0.432. The number of primary amides is 1. The molecular weight excluding hydrogens is 420 g/mol. The second kappa shape index (κ2) is 9.11. The molecule has 8 nitrogen and oxygen atoms in total. The first kappa shape index (κ1) is 21.4. The molecule has 0 fully saturated rings. The predicted octanol–water partition coefficient (Wildman–Crippen LogP) is 3.21. The summed E-state index contributed by atoms with van der Waals surface area (Å²) >= 11 is 0. The minimum Gasteiger partial charge on any atom is -0.502 e. The Kier molecular flexibility index (Phi) is 5.90.